The van der Waals surface area contributed by atoms with Crippen LogP contribution in [0.4, 0.5) is 13.2 Å². The lowest BCUT2D eigenvalue weighted by atomic mass is 10.0. The summed E-state index contributed by atoms with van der Waals surface area (Å²) in [4.78, 5) is 21.6. The minimum Gasteiger partial charge on any atom is -0.294 e. The zero-order chi connectivity index (χ0) is 23.0. The average Bonchev–Trinajstić information content (AvgIpc) is 3.45. The van der Waals surface area contributed by atoms with Crippen molar-refractivity contribution in [3.8, 4) is 16.3 Å². The average molecular weight is 464 g/mol. The molecule has 0 aliphatic rings. The number of para-hydroxylation sites is 1. The Kier molecular flexibility index (Phi) is 5.26. The lowest BCUT2D eigenvalue weighted by Crippen LogP contribution is -2.18. The van der Waals surface area contributed by atoms with Gasteiger partial charge in [0.1, 0.15) is 5.01 Å². The summed E-state index contributed by atoms with van der Waals surface area (Å²) in [7, 11) is 0. The number of aromatic nitrogens is 4. The largest absolute Gasteiger partial charge is 0.434 e. The van der Waals surface area contributed by atoms with Crippen LogP contribution in [-0.4, -0.2) is 25.5 Å². The molecule has 5 rings (SSSR count). The van der Waals surface area contributed by atoms with E-state index in [0.717, 1.165) is 31.7 Å². The highest BCUT2D eigenvalue weighted by atomic mass is 32.1. The van der Waals surface area contributed by atoms with E-state index in [4.69, 9.17) is 0 Å². The number of Topliss-reactive ketones (excluding diaryl/α,β-unsaturated/α-hetero) is 1. The summed E-state index contributed by atoms with van der Waals surface area (Å²) < 4.78 is 43.4. The van der Waals surface area contributed by atoms with Gasteiger partial charge in [0.15, 0.2) is 11.5 Å². The molecule has 0 radical (unpaired) electrons. The van der Waals surface area contributed by atoms with Gasteiger partial charge in [0.2, 0.25) is 0 Å². The van der Waals surface area contributed by atoms with E-state index in [1.807, 2.05) is 12.1 Å². The van der Waals surface area contributed by atoms with Crippen molar-refractivity contribution >= 4 is 27.3 Å². The molecule has 0 N–H and O–H groups in total. The van der Waals surface area contributed by atoms with Crippen LogP contribution in [0.15, 0.2) is 79.3 Å². The van der Waals surface area contributed by atoms with Crippen molar-refractivity contribution in [2.45, 2.75) is 12.6 Å². The van der Waals surface area contributed by atoms with Crippen LogP contribution < -0.4 is 0 Å². The molecule has 3 heterocycles. The second-order valence-corrected chi connectivity index (χ2v) is 8.35. The number of carbonyl (C=O) groups is 1. The first kappa shape index (κ1) is 21.0. The number of rotatable bonds is 5. The zero-order valence-corrected chi connectivity index (χ0v) is 17.8. The molecule has 0 unspecified atom stereocenters. The maximum atomic E-state index is 13.9. The van der Waals surface area contributed by atoms with E-state index in [1.165, 1.54) is 23.5 Å². The maximum absolute atomic E-state index is 13.9. The predicted octanol–water partition coefficient (Wildman–Crippen LogP) is 5.99. The molecule has 0 atom stereocenters. The Morgan fingerprint density at radius 3 is 2.58 bits per heavy atom. The standard InChI is InChI=1S/C24H15F3N4OS/c25-24(26,27)22-18(13-29-31(22)17-7-2-1-3-8-17)20(32)12-15-5-4-6-16(11-15)23-30-19-9-10-28-14-21(19)33-23/h1-11,13-14H,12H2. The zero-order valence-electron chi connectivity index (χ0n) is 17.0. The number of fused-ring (bicyclic) bond motifs is 1. The highest BCUT2D eigenvalue weighted by molar-refractivity contribution is 7.21. The van der Waals surface area contributed by atoms with E-state index in [-0.39, 0.29) is 12.1 Å². The molecule has 33 heavy (non-hydrogen) atoms. The Balaban J connectivity index is 1.47. The number of halogens is 3. The fraction of sp³-hybridized carbons (Fsp3) is 0.0833. The first-order valence-electron chi connectivity index (χ1n) is 9.94. The van der Waals surface area contributed by atoms with Gasteiger partial charge in [-0.15, -0.1) is 11.3 Å². The molecule has 0 saturated heterocycles. The number of nitrogens with zero attached hydrogens (tertiary/aromatic N) is 4. The van der Waals surface area contributed by atoms with E-state index < -0.39 is 23.2 Å². The normalized spacial score (nSPS) is 11.7. The van der Waals surface area contributed by atoms with Crippen molar-refractivity contribution in [2.75, 3.05) is 0 Å². The number of pyridine rings is 1. The van der Waals surface area contributed by atoms with Gasteiger partial charge in [-0.3, -0.25) is 9.78 Å². The van der Waals surface area contributed by atoms with Gasteiger partial charge in [0.05, 0.1) is 27.7 Å². The number of thiazole rings is 1. The summed E-state index contributed by atoms with van der Waals surface area (Å²) in [5.41, 5.74) is 0.898. The molecule has 5 nitrogen and oxygen atoms in total. The van der Waals surface area contributed by atoms with Gasteiger partial charge in [0.25, 0.3) is 0 Å². The third-order valence-corrected chi connectivity index (χ3v) is 6.12. The molecule has 164 valence electrons. The van der Waals surface area contributed by atoms with Crippen LogP contribution in [-0.2, 0) is 12.6 Å². The van der Waals surface area contributed by atoms with Crippen molar-refractivity contribution in [2.24, 2.45) is 0 Å². The SMILES string of the molecule is O=C(Cc1cccc(-c2nc3ccncc3s2)c1)c1cnn(-c2ccccc2)c1C(F)(F)F. The van der Waals surface area contributed by atoms with Crippen molar-refractivity contribution in [1.29, 1.82) is 0 Å². The summed E-state index contributed by atoms with van der Waals surface area (Å²) >= 11 is 1.46. The Labute approximate surface area is 190 Å². The van der Waals surface area contributed by atoms with Gasteiger partial charge >= 0.3 is 6.18 Å². The summed E-state index contributed by atoms with van der Waals surface area (Å²) in [6, 6.07) is 16.9. The molecule has 3 aromatic heterocycles. The molecular weight excluding hydrogens is 449 g/mol. The number of benzene rings is 2. The third kappa shape index (κ3) is 4.14. The van der Waals surface area contributed by atoms with Crippen molar-refractivity contribution < 1.29 is 18.0 Å². The summed E-state index contributed by atoms with van der Waals surface area (Å²) in [5, 5.41) is 4.62. The maximum Gasteiger partial charge on any atom is 0.434 e. The molecule has 0 fully saturated rings. The molecule has 0 aliphatic carbocycles. The minimum atomic E-state index is -4.74. The van der Waals surface area contributed by atoms with Gasteiger partial charge in [0, 0.05) is 24.4 Å². The Bertz CT molecular complexity index is 1420. The topological polar surface area (TPSA) is 60.7 Å². The second kappa shape index (κ2) is 8.25. The fourth-order valence-corrected chi connectivity index (χ4v) is 4.52. The fourth-order valence-electron chi connectivity index (χ4n) is 3.59. The van der Waals surface area contributed by atoms with Crippen LogP contribution in [0.5, 0.6) is 0 Å². The van der Waals surface area contributed by atoms with Gasteiger partial charge < -0.3 is 0 Å². The molecule has 0 aliphatic heterocycles. The van der Waals surface area contributed by atoms with Crippen molar-refractivity contribution in [1.82, 2.24) is 19.7 Å². The van der Waals surface area contributed by atoms with Gasteiger partial charge in [-0.25, -0.2) is 9.67 Å². The van der Waals surface area contributed by atoms with Gasteiger partial charge in [-0.05, 0) is 29.8 Å². The van der Waals surface area contributed by atoms with Crippen LogP contribution in [0.25, 0.3) is 26.5 Å². The molecule has 9 heteroatoms. The first-order valence-corrected chi connectivity index (χ1v) is 10.8. The Hall–Kier alpha value is -3.85. The number of carbonyl (C=O) groups excluding carboxylic acids is 1. The first-order chi connectivity index (χ1) is 15.9. The third-order valence-electron chi connectivity index (χ3n) is 5.07. The van der Waals surface area contributed by atoms with E-state index >= 15 is 0 Å². The Morgan fingerprint density at radius 1 is 1.00 bits per heavy atom. The quantitative estimate of drug-likeness (QED) is 0.300. The Morgan fingerprint density at radius 2 is 1.82 bits per heavy atom. The number of alkyl halides is 3. The molecular formula is C24H15F3N4OS. The van der Waals surface area contributed by atoms with E-state index in [0.29, 0.717) is 5.56 Å². The second-order valence-electron chi connectivity index (χ2n) is 7.31. The van der Waals surface area contributed by atoms with Gasteiger partial charge in [-0.1, -0.05) is 36.4 Å². The van der Waals surface area contributed by atoms with Crippen LogP contribution in [0.1, 0.15) is 21.6 Å². The monoisotopic (exact) mass is 464 g/mol. The smallest absolute Gasteiger partial charge is 0.294 e. The molecule has 5 aromatic rings. The van der Waals surface area contributed by atoms with Crippen LogP contribution in [0, 0.1) is 0 Å². The van der Waals surface area contributed by atoms with E-state index in [2.05, 4.69) is 15.1 Å². The molecule has 0 amide bonds. The predicted molar refractivity (Wildman–Crippen MR) is 119 cm³/mol. The summed E-state index contributed by atoms with van der Waals surface area (Å²) in [6.45, 7) is 0. The number of hydrogen-bond acceptors (Lipinski definition) is 5. The van der Waals surface area contributed by atoms with Gasteiger partial charge in [-0.2, -0.15) is 18.3 Å². The summed E-state index contributed by atoms with van der Waals surface area (Å²) in [6.07, 6.45) is -0.553. The van der Waals surface area contributed by atoms with Crippen LogP contribution in [0.2, 0.25) is 0 Å². The molecule has 0 bridgehead atoms. The van der Waals surface area contributed by atoms with Crippen molar-refractivity contribution in [3.63, 3.8) is 0 Å². The molecule has 0 saturated carbocycles. The number of ketones is 1. The highest BCUT2D eigenvalue weighted by Gasteiger charge is 2.40. The van der Waals surface area contributed by atoms with Crippen LogP contribution >= 0.6 is 11.3 Å². The molecule has 0 spiro atoms. The van der Waals surface area contributed by atoms with E-state index in [1.54, 1.807) is 48.8 Å². The van der Waals surface area contributed by atoms with Crippen LogP contribution in [0.3, 0.4) is 0 Å². The summed E-state index contributed by atoms with van der Waals surface area (Å²) in [5.74, 6) is -0.657. The number of hydrogen-bond donors (Lipinski definition) is 0. The lowest BCUT2D eigenvalue weighted by molar-refractivity contribution is -0.143. The highest BCUT2D eigenvalue weighted by Crippen LogP contribution is 2.35. The molecule has 2 aromatic carbocycles. The minimum absolute atomic E-state index is 0.191. The van der Waals surface area contributed by atoms with E-state index in [9.17, 15) is 18.0 Å². The lowest BCUT2D eigenvalue weighted by Gasteiger charge is -2.12. The van der Waals surface area contributed by atoms with Crippen molar-refractivity contribution in [3.05, 3.63) is 96.1 Å².